The monoisotopic (exact) mass is 443 g/mol. The van der Waals surface area contributed by atoms with E-state index in [0.29, 0.717) is 28.0 Å². The van der Waals surface area contributed by atoms with Crippen LogP contribution in [-0.2, 0) is 18.4 Å². The molecule has 0 unspecified atom stereocenters. The molecule has 1 aromatic heterocycles. The van der Waals surface area contributed by atoms with Gasteiger partial charge in [0.25, 0.3) is 0 Å². The molecule has 0 aliphatic heterocycles. The topological polar surface area (TPSA) is 88.9 Å². The predicted octanol–water partition coefficient (Wildman–Crippen LogP) is 4.40. The van der Waals surface area contributed by atoms with E-state index in [-0.39, 0.29) is 16.9 Å². The molecule has 0 spiro atoms. The molecule has 3 aromatic rings. The molecule has 0 aliphatic rings. The lowest BCUT2D eigenvalue weighted by atomic mass is 10.1. The maximum absolute atomic E-state index is 12.5. The van der Waals surface area contributed by atoms with Gasteiger partial charge in [-0.05, 0) is 62.4 Å². The zero-order valence-electron chi connectivity index (χ0n) is 16.8. The number of Topliss-reactive ketones (excluding diaryl/α,β-unsaturated/α-hetero) is 1. The third-order valence-electron chi connectivity index (χ3n) is 4.43. The molecule has 0 aliphatic carbocycles. The Labute approximate surface area is 184 Å². The molecule has 0 saturated heterocycles. The quantitative estimate of drug-likeness (QED) is 0.396. The number of aromatic nitrogens is 3. The Bertz CT molecular complexity index is 1030. The molecule has 0 fully saturated rings. The minimum Gasteiger partial charge on any atom is -0.378 e. The van der Waals surface area contributed by atoms with Gasteiger partial charge in [0.05, 0.1) is 11.8 Å². The Morgan fingerprint density at radius 2 is 1.70 bits per heavy atom. The molecule has 0 radical (unpaired) electrons. The highest BCUT2D eigenvalue weighted by Crippen LogP contribution is 2.23. The van der Waals surface area contributed by atoms with Gasteiger partial charge in [-0.2, -0.15) is 0 Å². The number of thioether (sulfide) groups is 1. The first kappa shape index (κ1) is 21.9. The second kappa shape index (κ2) is 9.77. The molecule has 7 nitrogen and oxygen atoms in total. The fourth-order valence-corrected chi connectivity index (χ4v) is 3.55. The van der Waals surface area contributed by atoms with E-state index < -0.39 is 0 Å². The van der Waals surface area contributed by atoms with Crippen LogP contribution in [0.2, 0.25) is 5.02 Å². The van der Waals surface area contributed by atoms with Crippen molar-refractivity contribution >= 4 is 46.4 Å². The first-order chi connectivity index (χ1) is 14.3. The van der Waals surface area contributed by atoms with Crippen molar-refractivity contribution in [2.45, 2.75) is 30.8 Å². The Hall–Kier alpha value is -2.84. The van der Waals surface area contributed by atoms with Crippen LogP contribution in [0, 0.1) is 0 Å². The summed E-state index contributed by atoms with van der Waals surface area (Å²) in [6.07, 6.45) is 0. The van der Waals surface area contributed by atoms with Crippen molar-refractivity contribution in [1.29, 1.82) is 0 Å². The molecule has 1 heterocycles. The Morgan fingerprint density at radius 3 is 2.33 bits per heavy atom. The van der Waals surface area contributed by atoms with Gasteiger partial charge in [-0.25, -0.2) is 0 Å². The lowest BCUT2D eigenvalue weighted by Gasteiger charge is -2.12. The highest BCUT2D eigenvalue weighted by atomic mass is 35.5. The molecule has 3 rings (SSSR count). The van der Waals surface area contributed by atoms with Gasteiger partial charge in [-0.15, -0.1) is 10.2 Å². The van der Waals surface area contributed by atoms with Crippen LogP contribution >= 0.6 is 23.4 Å². The summed E-state index contributed by atoms with van der Waals surface area (Å²) in [4.78, 5) is 23.9. The Balaban J connectivity index is 1.56. The zero-order valence-corrected chi connectivity index (χ0v) is 18.4. The number of carbonyl (C=O) groups is 2. The van der Waals surface area contributed by atoms with Gasteiger partial charge in [-0.1, -0.05) is 23.4 Å². The van der Waals surface area contributed by atoms with Crippen molar-refractivity contribution < 1.29 is 9.59 Å². The van der Waals surface area contributed by atoms with E-state index in [0.717, 1.165) is 11.5 Å². The summed E-state index contributed by atoms with van der Waals surface area (Å²) in [5.41, 5.74) is 2.18. The van der Waals surface area contributed by atoms with E-state index in [2.05, 4.69) is 20.8 Å². The normalized spacial score (nSPS) is 11.7. The number of hydrogen-bond donors (Lipinski definition) is 2. The molecule has 0 bridgehead atoms. The molecule has 0 saturated carbocycles. The summed E-state index contributed by atoms with van der Waals surface area (Å²) in [5.74, 6) is 0.583. The number of halogens is 1. The van der Waals surface area contributed by atoms with Crippen LogP contribution in [0.15, 0.2) is 53.7 Å². The Morgan fingerprint density at radius 1 is 1.07 bits per heavy atom. The molecular formula is C21H22ClN5O2S. The third-order valence-corrected chi connectivity index (χ3v) is 5.82. The highest BCUT2D eigenvalue weighted by Gasteiger charge is 2.19. The fraction of sp³-hybridized carbons (Fsp3) is 0.238. The minimum absolute atomic E-state index is 0.0135. The van der Waals surface area contributed by atoms with Crippen LogP contribution in [-0.4, -0.2) is 31.7 Å². The van der Waals surface area contributed by atoms with Gasteiger partial charge >= 0.3 is 0 Å². The molecule has 1 amide bonds. The van der Waals surface area contributed by atoms with Crippen molar-refractivity contribution in [1.82, 2.24) is 14.8 Å². The second-order valence-electron chi connectivity index (χ2n) is 6.70. The van der Waals surface area contributed by atoms with Crippen LogP contribution in [0.5, 0.6) is 0 Å². The van der Waals surface area contributed by atoms with Crippen molar-refractivity contribution in [3.8, 4) is 0 Å². The lowest BCUT2D eigenvalue weighted by Crippen LogP contribution is -2.23. The first-order valence-corrected chi connectivity index (χ1v) is 10.6. The number of carbonyl (C=O) groups excluding carboxylic acids is 2. The molecule has 1 atom stereocenters. The van der Waals surface area contributed by atoms with Crippen LogP contribution < -0.4 is 10.6 Å². The fourth-order valence-electron chi connectivity index (χ4n) is 2.59. The number of nitrogens with one attached hydrogen (secondary N) is 2. The molecule has 2 N–H and O–H groups in total. The third kappa shape index (κ3) is 5.61. The number of benzene rings is 2. The van der Waals surface area contributed by atoms with Gasteiger partial charge in [0.15, 0.2) is 16.8 Å². The molecule has 156 valence electrons. The number of nitrogens with zero attached hydrogens (tertiary/aromatic N) is 3. The molecular weight excluding hydrogens is 422 g/mol. The summed E-state index contributed by atoms with van der Waals surface area (Å²) >= 11 is 7.23. The number of rotatable bonds is 8. The Kier molecular flexibility index (Phi) is 7.12. The van der Waals surface area contributed by atoms with E-state index >= 15 is 0 Å². The summed E-state index contributed by atoms with van der Waals surface area (Å²) in [7, 11) is 1.87. The SMILES string of the molecule is CC(=O)c1ccc(NC(=O)[C@@H](C)Sc2nnc(CNc3ccc(Cl)cc3)n2C)cc1. The summed E-state index contributed by atoms with van der Waals surface area (Å²) in [6, 6.07) is 14.2. The molecule has 9 heteroatoms. The maximum atomic E-state index is 12.5. The average molecular weight is 444 g/mol. The van der Waals surface area contributed by atoms with Crippen LogP contribution in [0.4, 0.5) is 11.4 Å². The summed E-state index contributed by atoms with van der Waals surface area (Å²) in [5, 5.41) is 15.5. The van der Waals surface area contributed by atoms with Crippen molar-refractivity contribution in [2.75, 3.05) is 10.6 Å². The number of anilines is 2. The lowest BCUT2D eigenvalue weighted by molar-refractivity contribution is -0.115. The van der Waals surface area contributed by atoms with E-state index in [9.17, 15) is 9.59 Å². The number of amides is 1. The number of hydrogen-bond acceptors (Lipinski definition) is 6. The second-order valence-corrected chi connectivity index (χ2v) is 8.45. The van der Waals surface area contributed by atoms with E-state index in [1.807, 2.05) is 42.8 Å². The van der Waals surface area contributed by atoms with E-state index in [4.69, 9.17) is 11.6 Å². The van der Waals surface area contributed by atoms with Crippen LogP contribution in [0.1, 0.15) is 30.0 Å². The van der Waals surface area contributed by atoms with Gasteiger partial charge < -0.3 is 15.2 Å². The van der Waals surface area contributed by atoms with Gasteiger partial charge in [0.1, 0.15) is 0 Å². The van der Waals surface area contributed by atoms with Crippen molar-refractivity contribution in [3.05, 3.63) is 64.9 Å². The van der Waals surface area contributed by atoms with Crippen LogP contribution in [0.25, 0.3) is 0 Å². The number of ketones is 1. The smallest absolute Gasteiger partial charge is 0.237 e. The standard InChI is InChI=1S/C21H22ClN5O2S/c1-13(28)15-4-8-18(9-5-15)24-20(29)14(2)30-21-26-25-19(27(21)3)12-23-17-10-6-16(22)7-11-17/h4-11,14,23H,12H2,1-3H3,(H,24,29)/t14-/m1/s1. The van der Waals surface area contributed by atoms with Crippen LogP contribution in [0.3, 0.4) is 0 Å². The average Bonchev–Trinajstić information content (AvgIpc) is 3.07. The minimum atomic E-state index is -0.377. The summed E-state index contributed by atoms with van der Waals surface area (Å²) in [6.45, 7) is 3.81. The predicted molar refractivity (Wildman–Crippen MR) is 120 cm³/mol. The van der Waals surface area contributed by atoms with Gasteiger partial charge in [-0.3, -0.25) is 9.59 Å². The van der Waals surface area contributed by atoms with E-state index in [1.165, 1.54) is 18.7 Å². The van der Waals surface area contributed by atoms with Gasteiger partial charge in [0, 0.05) is 29.0 Å². The molecule has 2 aromatic carbocycles. The molecule has 30 heavy (non-hydrogen) atoms. The largest absolute Gasteiger partial charge is 0.378 e. The van der Waals surface area contributed by atoms with E-state index in [1.54, 1.807) is 24.3 Å². The highest BCUT2D eigenvalue weighted by molar-refractivity contribution is 8.00. The van der Waals surface area contributed by atoms with Crippen molar-refractivity contribution in [2.24, 2.45) is 7.05 Å². The first-order valence-electron chi connectivity index (χ1n) is 9.29. The van der Waals surface area contributed by atoms with Gasteiger partial charge in [0.2, 0.25) is 5.91 Å². The summed E-state index contributed by atoms with van der Waals surface area (Å²) < 4.78 is 1.86. The maximum Gasteiger partial charge on any atom is 0.237 e. The zero-order chi connectivity index (χ0) is 21.7. The van der Waals surface area contributed by atoms with Crippen molar-refractivity contribution in [3.63, 3.8) is 0 Å².